The van der Waals surface area contributed by atoms with E-state index >= 15 is 0 Å². The van der Waals surface area contributed by atoms with Gasteiger partial charge in [-0.15, -0.1) is 0 Å². The predicted octanol–water partition coefficient (Wildman–Crippen LogP) is 3.97. The summed E-state index contributed by atoms with van der Waals surface area (Å²) < 4.78 is 5.10. The molecule has 2 N–H and O–H groups in total. The predicted molar refractivity (Wildman–Crippen MR) is 86.3 cm³/mol. The molecule has 0 radical (unpaired) electrons. The molecule has 5 nitrogen and oxygen atoms in total. The van der Waals surface area contributed by atoms with Crippen molar-refractivity contribution in [1.29, 1.82) is 0 Å². The van der Waals surface area contributed by atoms with Crippen molar-refractivity contribution in [3.63, 3.8) is 0 Å². The van der Waals surface area contributed by atoms with Crippen molar-refractivity contribution in [2.24, 2.45) is 0 Å². The standard InChI is InChI=1S/C16H20ClNO4/c1-16(2,3)22-15(21)18-10-5-4-7-11-8-6-9-12(13(11)17)14(19)20/h4,6-9H,5,10H2,1-3H3,(H,18,21)(H,19,20). The molecule has 0 aliphatic heterocycles. The maximum Gasteiger partial charge on any atom is 0.407 e. The molecular formula is C16H20ClNO4. The third-order valence-electron chi connectivity index (χ3n) is 2.54. The van der Waals surface area contributed by atoms with Crippen molar-refractivity contribution in [2.45, 2.75) is 32.8 Å². The molecule has 0 saturated heterocycles. The SMILES string of the molecule is CC(C)(C)OC(=O)NCCC=Cc1cccc(C(=O)O)c1Cl. The second-order valence-electron chi connectivity index (χ2n) is 5.63. The zero-order valence-electron chi connectivity index (χ0n) is 12.9. The third-order valence-corrected chi connectivity index (χ3v) is 2.96. The molecule has 0 aliphatic rings. The third kappa shape index (κ3) is 6.18. The number of carbonyl (C=O) groups excluding carboxylic acids is 1. The Hall–Kier alpha value is -2.01. The van der Waals surface area contributed by atoms with E-state index in [0.29, 0.717) is 18.5 Å². The number of hydrogen-bond donors (Lipinski definition) is 2. The smallest absolute Gasteiger partial charge is 0.407 e. The lowest BCUT2D eigenvalue weighted by molar-refractivity contribution is 0.0528. The highest BCUT2D eigenvalue weighted by molar-refractivity contribution is 6.34. The minimum Gasteiger partial charge on any atom is -0.478 e. The summed E-state index contributed by atoms with van der Waals surface area (Å²) in [4.78, 5) is 22.4. The van der Waals surface area contributed by atoms with E-state index in [0.717, 1.165) is 0 Å². The molecule has 0 heterocycles. The van der Waals surface area contributed by atoms with Crippen LogP contribution in [0.4, 0.5) is 4.79 Å². The number of rotatable bonds is 5. The number of amides is 1. The lowest BCUT2D eigenvalue weighted by atomic mass is 10.1. The van der Waals surface area contributed by atoms with Crippen LogP contribution in [-0.2, 0) is 4.74 Å². The Morgan fingerprint density at radius 3 is 2.64 bits per heavy atom. The van der Waals surface area contributed by atoms with Gasteiger partial charge in [-0.05, 0) is 38.8 Å². The Morgan fingerprint density at radius 2 is 2.05 bits per heavy atom. The second-order valence-corrected chi connectivity index (χ2v) is 6.01. The van der Waals surface area contributed by atoms with Gasteiger partial charge in [-0.3, -0.25) is 0 Å². The fourth-order valence-corrected chi connectivity index (χ4v) is 1.90. The first-order valence-electron chi connectivity index (χ1n) is 6.86. The van der Waals surface area contributed by atoms with Crippen molar-refractivity contribution in [1.82, 2.24) is 5.32 Å². The Bertz CT molecular complexity index is 576. The van der Waals surface area contributed by atoms with Crippen molar-refractivity contribution in [2.75, 3.05) is 6.54 Å². The Labute approximate surface area is 134 Å². The molecule has 0 bridgehead atoms. The van der Waals surface area contributed by atoms with Gasteiger partial charge in [0.2, 0.25) is 0 Å². The topological polar surface area (TPSA) is 75.6 Å². The van der Waals surface area contributed by atoms with Crippen LogP contribution in [-0.4, -0.2) is 29.3 Å². The van der Waals surface area contributed by atoms with Crippen molar-refractivity contribution < 1.29 is 19.4 Å². The molecular weight excluding hydrogens is 306 g/mol. The number of halogens is 1. The number of carbonyl (C=O) groups is 2. The van der Waals surface area contributed by atoms with Crippen LogP contribution >= 0.6 is 11.6 Å². The van der Waals surface area contributed by atoms with E-state index in [1.807, 2.05) is 6.08 Å². The summed E-state index contributed by atoms with van der Waals surface area (Å²) in [6, 6.07) is 4.81. The number of carboxylic acids is 1. The van der Waals surface area contributed by atoms with Gasteiger partial charge in [0, 0.05) is 6.54 Å². The van der Waals surface area contributed by atoms with Gasteiger partial charge < -0.3 is 15.2 Å². The molecule has 0 unspecified atom stereocenters. The molecule has 0 atom stereocenters. The van der Waals surface area contributed by atoms with Crippen LogP contribution in [0.2, 0.25) is 5.02 Å². The molecule has 22 heavy (non-hydrogen) atoms. The number of nitrogens with one attached hydrogen (secondary N) is 1. The van der Waals surface area contributed by atoms with Gasteiger partial charge >= 0.3 is 12.1 Å². The van der Waals surface area contributed by atoms with E-state index in [-0.39, 0.29) is 10.6 Å². The first-order valence-corrected chi connectivity index (χ1v) is 7.23. The van der Waals surface area contributed by atoms with Crippen LogP contribution in [0.25, 0.3) is 6.08 Å². The van der Waals surface area contributed by atoms with Crippen LogP contribution in [0.5, 0.6) is 0 Å². The number of alkyl carbamates (subject to hydrolysis) is 1. The fourth-order valence-electron chi connectivity index (χ4n) is 1.63. The lowest BCUT2D eigenvalue weighted by Crippen LogP contribution is -2.32. The molecule has 1 aromatic rings. The molecule has 1 rings (SSSR count). The maximum absolute atomic E-state index is 11.4. The number of carboxylic acid groups (broad SMARTS) is 1. The molecule has 0 fully saturated rings. The molecule has 120 valence electrons. The van der Waals surface area contributed by atoms with Crippen LogP contribution in [0, 0.1) is 0 Å². The Morgan fingerprint density at radius 1 is 1.36 bits per heavy atom. The quantitative estimate of drug-likeness (QED) is 0.803. The fraction of sp³-hybridized carbons (Fsp3) is 0.375. The average molecular weight is 326 g/mol. The molecule has 6 heteroatoms. The van der Waals surface area contributed by atoms with Crippen molar-refractivity contribution in [3.8, 4) is 0 Å². The van der Waals surface area contributed by atoms with Crippen molar-refractivity contribution in [3.05, 3.63) is 40.4 Å². The van der Waals surface area contributed by atoms with E-state index in [4.69, 9.17) is 21.4 Å². The van der Waals surface area contributed by atoms with E-state index in [2.05, 4.69) is 5.32 Å². The summed E-state index contributed by atoms with van der Waals surface area (Å²) in [5, 5.41) is 11.8. The van der Waals surface area contributed by atoms with E-state index in [1.165, 1.54) is 6.07 Å². The molecule has 0 aliphatic carbocycles. The largest absolute Gasteiger partial charge is 0.478 e. The van der Waals surface area contributed by atoms with E-state index in [9.17, 15) is 9.59 Å². The van der Waals surface area contributed by atoms with Crippen molar-refractivity contribution >= 4 is 29.7 Å². The summed E-state index contributed by atoms with van der Waals surface area (Å²) in [5.41, 5.74) is 0.166. The summed E-state index contributed by atoms with van der Waals surface area (Å²) in [5.74, 6) is -1.06. The maximum atomic E-state index is 11.4. The highest BCUT2D eigenvalue weighted by Gasteiger charge is 2.15. The first kappa shape index (κ1) is 18.0. The summed E-state index contributed by atoms with van der Waals surface area (Å²) in [6.45, 7) is 5.80. The van der Waals surface area contributed by atoms with E-state index < -0.39 is 17.7 Å². The summed E-state index contributed by atoms with van der Waals surface area (Å²) in [7, 11) is 0. The van der Waals surface area contributed by atoms with Gasteiger partial charge in [-0.2, -0.15) is 0 Å². The van der Waals surface area contributed by atoms with Crippen LogP contribution in [0.15, 0.2) is 24.3 Å². The number of aromatic carboxylic acids is 1. The van der Waals surface area contributed by atoms with E-state index in [1.54, 1.807) is 39.0 Å². The lowest BCUT2D eigenvalue weighted by Gasteiger charge is -2.19. The molecule has 0 saturated carbocycles. The highest BCUT2D eigenvalue weighted by Crippen LogP contribution is 2.22. The second kappa shape index (κ2) is 7.84. The molecule has 1 aromatic carbocycles. The normalized spacial score (nSPS) is 11.5. The number of hydrogen-bond acceptors (Lipinski definition) is 3. The van der Waals surface area contributed by atoms with Gasteiger partial charge in [-0.25, -0.2) is 9.59 Å². The minimum atomic E-state index is -1.06. The van der Waals surface area contributed by atoms with Crippen LogP contribution in [0.1, 0.15) is 43.1 Å². The summed E-state index contributed by atoms with van der Waals surface area (Å²) in [6.07, 6.45) is 3.65. The minimum absolute atomic E-state index is 0.0655. The molecule has 1 amide bonds. The zero-order valence-corrected chi connectivity index (χ0v) is 13.6. The van der Waals surface area contributed by atoms with Gasteiger partial charge in [-0.1, -0.05) is 35.9 Å². The molecule has 0 spiro atoms. The van der Waals surface area contributed by atoms with Gasteiger partial charge in [0.15, 0.2) is 0 Å². The first-order chi connectivity index (χ1) is 10.2. The Kier molecular flexibility index (Phi) is 6.43. The zero-order chi connectivity index (χ0) is 16.8. The highest BCUT2D eigenvalue weighted by atomic mass is 35.5. The average Bonchev–Trinajstić information content (AvgIpc) is 2.37. The van der Waals surface area contributed by atoms with Gasteiger partial charge in [0.25, 0.3) is 0 Å². The Balaban J connectivity index is 2.49. The van der Waals surface area contributed by atoms with Gasteiger partial charge in [0.05, 0.1) is 10.6 Å². The van der Waals surface area contributed by atoms with Crippen LogP contribution < -0.4 is 5.32 Å². The van der Waals surface area contributed by atoms with Gasteiger partial charge in [0.1, 0.15) is 5.60 Å². The molecule has 0 aromatic heterocycles. The number of ether oxygens (including phenoxy) is 1. The monoisotopic (exact) mass is 325 g/mol. The summed E-state index contributed by atoms with van der Waals surface area (Å²) >= 11 is 6.02. The van der Waals surface area contributed by atoms with Crippen LogP contribution in [0.3, 0.4) is 0 Å². The number of benzene rings is 1.